The van der Waals surface area contributed by atoms with Crippen LogP contribution >= 0.6 is 12.4 Å². The summed E-state index contributed by atoms with van der Waals surface area (Å²) in [5.41, 5.74) is -0.683. The summed E-state index contributed by atoms with van der Waals surface area (Å²) in [6.45, 7) is 3.38. The quantitative estimate of drug-likeness (QED) is 0.727. The minimum absolute atomic E-state index is 0. The van der Waals surface area contributed by atoms with Gasteiger partial charge in [0, 0.05) is 25.2 Å². The van der Waals surface area contributed by atoms with E-state index < -0.39 is 11.7 Å². The van der Waals surface area contributed by atoms with Crippen molar-refractivity contribution in [1.82, 2.24) is 10.6 Å². The topological polar surface area (TPSA) is 42.5 Å². The first-order chi connectivity index (χ1) is 12.0. The molecule has 1 aromatic rings. The predicted octanol–water partition coefficient (Wildman–Crippen LogP) is 3.25. The number of hydrogen-bond donors (Lipinski definition) is 2. The van der Waals surface area contributed by atoms with Crippen LogP contribution in [0, 0.1) is 5.92 Å². The molecular formula is C18H26ClF3N2O2. The first-order valence-corrected chi connectivity index (χ1v) is 8.88. The molecule has 3 atom stereocenters. The fourth-order valence-corrected chi connectivity index (χ4v) is 3.76. The smallest absolute Gasteiger partial charge is 0.416 e. The lowest BCUT2D eigenvalue weighted by molar-refractivity contribution is -0.137. The summed E-state index contributed by atoms with van der Waals surface area (Å²) >= 11 is 0. The number of halogens is 4. The average molecular weight is 395 g/mol. The number of benzene rings is 1. The van der Waals surface area contributed by atoms with Gasteiger partial charge in [-0.2, -0.15) is 13.2 Å². The normalized spacial score (nSPS) is 26.3. The molecule has 1 heterocycles. The molecule has 2 N–H and O–H groups in total. The fraction of sp³-hybridized carbons (Fsp3) is 0.667. The Morgan fingerprint density at radius 3 is 2.85 bits per heavy atom. The van der Waals surface area contributed by atoms with Crippen LogP contribution in [-0.4, -0.2) is 45.0 Å². The van der Waals surface area contributed by atoms with Crippen molar-refractivity contribution in [3.05, 3.63) is 29.8 Å². The molecule has 1 aliphatic heterocycles. The summed E-state index contributed by atoms with van der Waals surface area (Å²) in [5, 5.41) is 7.03. The molecule has 1 aromatic carbocycles. The number of ether oxygens (including phenoxy) is 2. The van der Waals surface area contributed by atoms with E-state index >= 15 is 0 Å². The summed E-state index contributed by atoms with van der Waals surface area (Å²) in [7, 11) is 0. The molecule has 148 valence electrons. The molecule has 1 saturated carbocycles. The van der Waals surface area contributed by atoms with Crippen molar-refractivity contribution in [3.63, 3.8) is 0 Å². The molecule has 0 radical (unpaired) electrons. The molecule has 0 bridgehead atoms. The van der Waals surface area contributed by atoms with Crippen molar-refractivity contribution < 1.29 is 22.6 Å². The monoisotopic (exact) mass is 394 g/mol. The Labute approximate surface area is 158 Å². The minimum Gasteiger partial charge on any atom is -0.492 e. The van der Waals surface area contributed by atoms with Crippen molar-refractivity contribution in [1.29, 1.82) is 0 Å². The minimum atomic E-state index is -4.34. The van der Waals surface area contributed by atoms with Crippen LogP contribution in [0.2, 0.25) is 0 Å². The first-order valence-electron chi connectivity index (χ1n) is 8.88. The second-order valence-corrected chi connectivity index (χ2v) is 6.66. The molecule has 1 saturated heterocycles. The van der Waals surface area contributed by atoms with E-state index in [1.807, 2.05) is 0 Å². The van der Waals surface area contributed by atoms with Gasteiger partial charge in [-0.25, -0.2) is 0 Å². The number of rotatable bonds is 6. The maximum atomic E-state index is 12.7. The van der Waals surface area contributed by atoms with Crippen LogP contribution in [0.3, 0.4) is 0 Å². The van der Waals surface area contributed by atoms with Crippen molar-refractivity contribution in [2.24, 2.45) is 5.92 Å². The van der Waals surface area contributed by atoms with Crippen LogP contribution in [0.15, 0.2) is 24.3 Å². The summed E-state index contributed by atoms with van der Waals surface area (Å²) in [6.07, 6.45) is -0.863. The van der Waals surface area contributed by atoms with Crippen LogP contribution in [0.4, 0.5) is 13.2 Å². The van der Waals surface area contributed by atoms with Gasteiger partial charge in [-0.15, -0.1) is 12.4 Å². The Balaban J connectivity index is 0.00000243. The lowest BCUT2D eigenvalue weighted by Crippen LogP contribution is -2.51. The third-order valence-corrected chi connectivity index (χ3v) is 4.98. The van der Waals surface area contributed by atoms with Gasteiger partial charge >= 0.3 is 6.18 Å². The standard InChI is InChI=1S/C18H25F3N2O2.ClH/c19-18(20,21)13-3-1-4-14(11-13)25-10-8-22-16-6-2-5-15(16)17-12-24-9-7-23-17;/h1,3-4,11,15-17,22-23H,2,5-10,12H2;1H. The Hall–Kier alpha value is -1.02. The second-order valence-electron chi connectivity index (χ2n) is 6.66. The van der Waals surface area contributed by atoms with E-state index in [9.17, 15) is 13.2 Å². The highest BCUT2D eigenvalue weighted by Crippen LogP contribution is 2.31. The van der Waals surface area contributed by atoms with Gasteiger partial charge in [-0.3, -0.25) is 0 Å². The molecule has 0 spiro atoms. The molecule has 3 rings (SSSR count). The van der Waals surface area contributed by atoms with Gasteiger partial charge in [0.2, 0.25) is 0 Å². The highest BCUT2D eigenvalue weighted by molar-refractivity contribution is 5.85. The zero-order valence-corrected chi connectivity index (χ0v) is 15.4. The first kappa shape index (κ1) is 21.3. The molecule has 0 aromatic heterocycles. The molecule has 1 aliphatic carbocycles. The predicted molar refractivity (Wildman–Crippen MR) is 95.9 cm³/mol. The van der Waals surface area contributed by atoms with Crippen LogP contribution in [-0.2, 0) is 10.9 Å². The summed E-state index contributed by atoms with van der Waals surface area (Å²) in [4.78, 5) is 0. The molecule has 0 amide bonds. The van der Waals surface area contributed by atoms with Gasteiger partial charge in [0.1, 0.15) is 12.4 Å². The number of alkyl halides is 3. The van der Waals surface area contributed by atoms with Crippen molar-refractivity contribution in [3.8, 4) is 5.75 Å². The van der Waals surface area contributed by atoms with Crippen LogP contribution in [0.25, 0.3) is 0 Å². The van der Waals surface area contributed by atoms with Crippen molar-refractivity contribution in [2.45, 2.75) is 37.5 Å². The average Bonchev–Trinajstić information content (AvgIpc) is 3.07. The molecule has 3 unspecified atom stereocenters. The van der Waals surface area contributed by atoms with Gasteiger partial charge in [-0.05, 0) is 37.0 Å². The summed E-state index contributed by atoms with van der Waals surface area (Å²) in [5.74, 6) is 0.788. The van der Waals surface area contributed by atoms with Crippen LogP contribution < -0.4 is 15.4 Å². The van der Waals surface area contributed by atoms with Gasteiger partial charge in [0.15, 0.2) is 0 Å². The van der Waals surface area contributed by atoms with E-state index in [0.717, 1.165) is 38.3 Å². The molecule has 2 aliphatic rings. The van der Waals surface area contributed by atoms with Gasteiger partial charge in [0.25, 0.3) is 0 Å². The van der Waals surface area contributed by atoms with E-state index in [1.54, 1.807) is 6.07 Å². The largest absolute Gasteiger partial charge is 0.492 e. The Bertz CT molecular complexity index is 553. The molecule has 2 fully saturated rings. The molecule has 8 heteroatoms. The number of morpholine rings is 1. The fourth-order valence-electron chi connectivity index (χ4n) is 3.76. The van der Waals surface area contributed by atoms with Gasteiger partial charge in [0.05, 0.1) is 18.8 Å². The number of nitrogens with one attached hydrogen (secondary N) is 2. The summed E-state index contributed by atoms with van der Waals surface area (Å²) < 4.78 is 49.1. The van der Waals surface area contributed by atoms with E-state index in [0.29, 0.717) is 31.2 Å². The zero-order chi connectivity index (χ0) is 17.7. The lowest BCUT2D eigenvalue weighted by atomic mass is 9.94. The van der Waals surface area contributed by atoms with Gasteiger partial charge in [-0.1, -0.05) is 12.5 Å². The molecule has 26 heavy (non-hydrogen) atoms. The number of hydrogen-bond acceptors (Lipinski definition) is 4. The maximum Gasteiger partial charge on any atom is 0.416 e. The van der Waals surface area contributed by atoms with E-state index in [4.69, 9.17) is 9.47 Å². The Morgan fingerprint density at radius 1 is 1.27 bits per heavy atom. The van der Waals surface area contributed by atoms with Crippen molar-refractivity contribution in [2.75, 3.05) is 32.9 Å². The summed E-state index contributed by atoms with van der Waals surface area (Å²) in [6, 6.07) is 5.81. The van der Waals surface area contributed by atoms with E-state index in [1.165, 1.54) is 18.9 Å². The third-order valence-electron chi connectivity index (χ3n) is 4.98. The van der Waals surface area contributed by atoms with Gasteiger partial charge < -0.3 is 20.1 Å². The third kappa shape index (κ3) is 5.74. The lowest BCUT2D eigenvalue weighted by Gasteiger charge is -2.33. The van der Waals surface area contributed by atoms with Crippen molar-refractivity contribution >= 4 is 12.4 Å². The zero-order valence-electron chi connectivity index (χ0n) is 14.6. The second kappa shape index (κ2) is 9.78. The van der Waals surface area contributed by atoms with E-state index in [2.05, 4.69) is 10.6 Å². The van der Waals surface area contributed by atoms with Crippen LogP contribution in [0.5, 0.6) is 5.75 Å². The SMILES string of the molecule is Cl.FC(F)(F)c1cccc(OCCNC2CCCC2C2COCCN2)c1. The Morgan fingerprint density at radius 2 is 2.12 bits per heavy atom. The Kier molecular flexibility index (Phi) is 8.01. The highest BCUT2D eigenvalue weighted by Gasteiger charge is 2.34. The maximum absolute atomic E-state index is 12.7. The molecule has 4 nitrogen and oxygen atoms in total. The highest BCUT2D eigenvalue weighted by atomic mass is 35.5. The molecular weight excluding hydrogens is 369 g/mol. The van der Waals surface area contributed by atoms with Crippen LogP contribution in [0.1, 0.15) is 24.8 Å². The van der Waals surface area contributed by atoms with E-state index in [-0.39, 0.29) is 18.2 Å².